The number of hydrogen-bond donors (Lipinski definition) is 0. The molecule has 0 unspecified atom stereocenters. The third-order valence-corrected chi connectivity index (χ3v) is 4.71. The predicted octanol–water partition coefficient (Wildman–Crippen LogP) is 4.64. The topological polar surface area (TPSA) is 71.1 Å². The number of halogens is 2. The fraction of sp³-hybridized carbons (Fsp3) is 0.278. The van der Waals surface area contributed by atoms with Gasteiger partial charge >= 0.3 is 5.63 Å². The summed E-state index contributed by atoms with van der Waals surface area (Å²) in [5.41, 5.74) is -0.630. The standard InChI is InChI=1S/C18H13Cl2NO3/c1-18(2)6-12(22)16-13(7-18)24-17(23)9(8-21)14(16)15-10(19)4-3-5-11(15)20/h3-5H,6-7H2,1-2H3. The summed E-state index contributed by atoms with van der Waals surface area (Å²) in [5, 5.41) is 9.96. The summed E-state index contributed by atoms with van der Waals surface area (Å²) in [6.07, 6.45) is 0.706. The average Bonchev–Trinajstić information content (AvgIpc) is 2.44. The maximum absolute atomic E-state index is 12.7. The Bertz CT molecular complexity index is 947. The number of nitrogens with zero attached hydrogens (tertiary/aromatic N) is 1. The molecule has 6 heteroatoms. The quantitative estimate of drug-likeness (QED) is 0.741. The van der Waals surface area contributed by atoms with Crippen LogP contribution < -0.4 is 5.63 Å². The summed E-state index contributed by atoms with van der Waals surface area (Å²) < 4.78 is 5.28. The molecule has 122 valence electrons. The van der Waals surface area contributed by atoms with Gasteiger partial charge in [0.2, 0.25) is 0 Å². The van der Waals surface area contributed by atoms with Crippen LogP contribution in [-0.2, 0) is 6.42 Å². The second-order valence-electron chi connectivity index (χ2n) is 6.59. The van der Waals surface area contributed by atoms with Crippen LogP contribution >= 0.6 is 23.2 Å². The maximum atomic E-state index is 12.7. The second kappa shape index (κ2) is 5.77. The Morgan fingerprint density at radius 2 is 1.71 bits per heavy atom. The molecule has 3 rings (SSSR count). The summed E-state index contributed by atoms with van der Waals surface area (Å²) in [7, 11) is 0. The first-order chi connectivity index (χ1) is 11.2. The normalized spacial score (nSPS) is 15.7. The van der Waals surface area contributed by atoms with Crippen molar-refractivity contribution in [3.05, 3.63) is 55.6 Å². The van der Waals surface area contributed by atoms with Crippen molar-refractivity contribution in [2.45, 2.75) is 26.7 Å². The lowest BCUT2D eigenvalue weighted by molar-refractivity contribution is 0.0898. The molecule has 1 aromatic carbocycles. The van der Waals surface area contributed by atoms with Gasteiger partial charge in [-0.3, -0.25) is 4.79 Å². The highest BCUT2D eigenvalue weighted by atomic mass is 35.5. The average molecular weight is 362 g/mol. The van der Waals surface area contributed by atoms with E-state index in [1.54, 1.807) is 18.2 Å². The number of carbonyl (C=O) groups excluding carboxylic acids is 1. The van der Waals surface area contributed by atoms with Gasteiger partial charge in [-0.05, 0) is 17.5 Å². The lowest BCUT2D eigenvalue weighted by Gasteiger charge is -2.30. The third-order valence-electron chi connectivity index (χ3n) is 4.08. The minimum absolute atomic E-state index is 0.180. The number of nitriles is 1. The number of ketones is 1. The number of benzene rings is 1. The van der Waals surface area contributed by atoms with Crippen LogP contribution in [0.25, 0.3) is 11.1 Å². The summed E-state index contributed by atoms with van der Waals surface area (Å²) in [6, 6.07) is 6.69. The van der Waals surface area contributed by atoms with Crippen molar-refractivity contribution < 1.29 is 9.21 Å². The van der Waals surface area contributed by atoms with Crippen LogP contribution in [0.2, 0.25) is 10.0 Å². The molecule has 1 heterocycles. The van der Waals surface area contributed by atoms with Gasteiger partial charge in [0.15, 0.2) is 5.78 Å². The predicted molar refractivity (Wildman–Crippen MR) is 91.6 cm³/mol. The van der Waals surface area contributed by atoms with Crippen LogP contribution in [0.3, 0.4) is 0 Å². The van der Waals surface area contributed by atoms with E-state index in [0.717, 1.165) is 0 Å². The Hall–Kier alpha value is -2.09. The molecule has 1 aliphatic rings. The zero-order valence-corrected chi connectivity index (χ0v) is 14.6. The van der Waals surface area contributed by atoms with Gasteiger partial charge < -0.3 is 4.42 Å². The largest absolute Gasteiger partial charge is 0.426 e. The first-order valence-electron chi connectivity index (χ1n) is 7.33. The molecule has 0 N–H and O–H groups in total. The van der Waals surface area contributed by atoms with E-state index in [0.29, 0.717) is 12.0 Å². The lowest BCUT2D eigenvalue weighted by Crippen LogP contribution is -2.29. The van der Waals surface area contributed by atoms with Crippen molar-refractivity contribution >= 4 is 29.0 Å². The van der Waals surface area contributed by atoms with Crippen LogP contribution in [0.1, 0.15) is 41.9 Å². The van der Waals surface area contributed by atoms with Crippen molar-refractivity contribution in [3.63, 3.8) is 0 Å². The van der Waals surface area contributed by atoms with E-state index in [9.17, 15) is 14.9 Å². The molecule has 0 fully saturated rings. The Kier molecular flexibility index (Phi) is 4.03. The van der Waals surface area contributed by atoms with Crippen molar-refractivity contribution in [2.75, 3.05) is 0 Å². The van der Waals surface area contributed by atoms with E-state index >= 15 is 0 Å². The zero-order chi connectivity index (χ0) is 17.6. The molecule has 2 aromatic rings. The smallest absolute Gasteiger partial charge is 0.354 e. The Morgan fingerprint density at radius 1 is 1.08 bits per heavy atom. The molecule has 0 radical (unpaired) electrons. The van der Waals surface area contributed by atoms with E-state index in [2.05, 4.69) is 0 Å². The molecule has 0 saturated heterocycles. The van der Waals surface area contributed by atoms with Crippen LogP contribution in [0.4, 0.5) is 0 Å². The maximum Gasteiger partial charge on any atom is 0.354 e. The molecule has 0 saturated carbocycles. The van der Waals surface area contributed by atoms with Gasteiger partial charge in [-0.15, -0.1) is 0 Å². The van der Waals surface area contributed by atoms with Gasteiger partial charge in [-0.25, -0.2) is 4.79 Å². The van der Waals surface area contributed by atoms with Crippen LogP contribution in [0.15, 0.2) is 27.4 Å². The van der Waals surface area contributed by atoms with E-state index in [1.165, 1.54) is 0 Å². The van der Waals surface area contributed by atoms with E-state index in [1.807, 2.05) is 19.9 Å². The van der Waals surface area contributed by atoms with Crippen LogP contribution in [0.5, 0.6) is 0 Å². The van der Waals surface area contributed by atoms with Crippen molar-refractivity contribution in [1.29, 1.82) is 5.26 Å². The van der Waals surface area contributed by atoms with Gasteiger partial charge in [-0.1, -0.05) is 43.1 Å². The molecular weight excluding hydrogens is 349 g/mol. The zero-order valence-electron chi connectivity index (χ0n) is 13.1. The molecule has 0 spiro atoms. The Morgan fingerprint density at radius 3 is 2.29 bits per heavy atom. The summed E-state index contributed by atoms with van der Waals surface area (Å²) >= 11 is 12.5. The highest BCUT2D eigenvalue weighted by Gasteiger charge is 2.37. The number of carbonyl (C=O) groups is 1. The molecule has 1 aromatic heterocycles. The summed E-state index contributed by atoms with van der Waals surface area (Å²) in [5.74, 6) is 0.0960. The van der Waals surface area contributed by atoms with Gasteiger partial charge in [0.25, 0.3) is 0 Å². The van der Waals surface area contributed by atoms with Crippen molar-refractivity contribution in [3.8, 4) is 17.2 Å². The number of rotatable bonds is 1. The molecule has 4 nitrogen and oxygen atoms in total. The highest BCUT2D eigenvalue weighted by Crippen LogP contribution is 2.43. The molecule has 1 aliphatic carbocycles. The van der Waals surface area contributed by atoms with E-state index < -0.39 is 5.63 Å². The first-order valence-corrected chi connectivity index (χ1v) is 8.08. The Labute approximate surface area is 148 Å². The molecule has 0 atom stereocenters. The fourth-order valence-corrected chi connectivity index (χ4v) is 3.69. The monoisotopic (exact) mass is 361 g/mol. The summed E-state index contributed by atoms with van der Waals surface area (Å²) in [4.78, 5) is 25.0. The lowest BCUT2D eigenvalue weighted by atomic mass is 9.74. The number of hydrogen-bond acceptors (Lipinski definition) is 4. The molecular formula is C18H13Cl2NO3. The van der Waals surface area contributed by atoms with Crippen molar-refractivity contribution in [2.24, 2.45) is 5.41 Å². The van der Waals surface area contributed by atoms with E-state index in [4.69, 9.17) is 27.6 Å². The Balaban J connectivity index is 2.47. The highest BCUT2D eigenvalue weighted by molar-refractivity contribution is 6.39. The van der Waals surface area contributed by atoms with Crippen LogP contribution in [-0.4, -0.2) is 5.78 Å². The fourth-order valence-electron chi connectivity index (χ4n) is 3.11. The SMILES string of the molecule is CC1(C)CC(=O)c2c(oc(=O)c(C#N)c2-c2c(Cl)cccc2Cl)C1. The van der Waals surface area contributed by atoms with Gasteiger partial charge in [0, 0.05) is 34.0 Å². The molecule has 0 bridgehead atoms. The minimum Gasteiger partial charge on any atom is -0.426 e. The molecule has 0 aliphatic heterocycles. The molecule has 0 amide bonds. The second-order valence-corrected chi connectivity index (χ2v) is 7.40. The van der Waals surface area contributed by atoms with Gasteiger partial charge in [-0.2, -0.15) is 5.26 Å². The van der Waals surface area contributed by atoms with E-state index in [-0.39, 0.29) is 50.1 Å². The third kappa shape index (κ3) is 2.64. The van der Waals surface area contributed by atoms with Gasteiger partial charge in [0.1, 0.15) is 17.4 Å². The minimum atomic E-state index is -0.785. The van der Waals surface area contributed by atoms with Crippen molar-refractivity contribution in [1.82, 2.24) is 0 Å². The van der Waals surface area contributed by atoms with Crippen LogP contribution in [0, 0.1) is 16.7 Å². The molecule has 24 heavy (non-hydrogen) atoms. The summed E-state index contributed by atoms with van der Waals surface area (Å²) in [6.45, 7) is 3.85. The first kappa shape index (κ1) is 16.8. The van der Waals surface area contributed by atoms with Gasteiger partial charge in [0.05, 0.1) is 5.56 Å². The number of Topliss-reactive ketones (excluding diaryl/α,β-unsaturated/α-hetero) is 1. The number of fused-ring (bicyclic) bond motifs is 1.